The highest BCUT2D eigenvalue weighted by Gasteiger charge is 2.33. The van der Waals surface area contributed by atoms with Gasteiger partial charge in [-0.3, -0.25) is 4.79 Å². The van der Waals surface area contributed by atoms with Crippen LogP contribution >= 0.6 is 0 Å². The van der Waals surface area contributed by atoms with Gasteiger partial charge in [0.25, 0.3) is 0 Å². The molecular weight excluding hydrogens is 237 g/mol. The standard InChI is InChI=1S/C11H7F3O3/c12-11(13,14)9-5-7(2-4-10(16)17)1-3-8(9)6-15/h1-6H,(H,16,17). The number of hydrogen-bond donors (Lipinski definition) is 1. The molecule has 1 rings (SSSR count). The van der Waals surface area contributed by atoms with E-state index in [4.69, 9.17) is 5.11 Å². The number of rotatable bonds is 3. The second-order valence-corrected chi connectivity index (χ2v) is 3.13. The summed E-state index contributed by atoms with van der Waals surface area (Å²) in [5.41, 5.74) is -1.50. The molecule has 0 spiro atoms. The van der Waals surface area contributed by atoms with E-state index in [2.05, 4.69) is 0 Å². The zero-order chi connectivity index (χ0) is 13.1. The van der Waals surface area contributed by atoms with Crippen molar-refractivity contribution in [3.05, 3.63) is 41.0 Å². The van der Waals surface area contributed by atoms with Crippen LogP contribution in [0.3, 0.4) is 0 Å². The lowest BCUT2D eigenvalue weighted by atomic mass is 10.0. The van der Waals surface area contributed by atoms with Gasteiger partial charge in [0, 0.05) is 11.6 Å². The van der Waals surface area contributed by atoms with Crippen molar-refractivity contribution in [1.29, 1.82) is 0 Å². The summed E-state index contributed by atoms with van der Waals surface area (Å²) in [6.45, 7) is 0. The van der Waals surface area contributed by atoms with Gasteiger partial charge in [-0.25, -0.2) is 4.79 Å². The molecule has 0 saturated carbocycles. The van der Waals surface area contributed by atoms with Crippen LogP contribution in [0.15, 0.2) is 24.3 Å². The van der Waals surface area contributed by atoms with E-state index in [-0.39, 0.29) is 11.8 Å². The molecule has 0 aliphatic carbocycles. The van der Waals surface area contributed by atoms with Crippen LogP contribution in [0.2, 0.25) is 0 Å². The van der Waals surface area contributed by atoms with E-state index in [1.54, 1.807) is 0 Å². The molecule has 1 aromatic rings. The minimum atomic E-state index is -4.65. The average Bonchev–Trinajstić information content (AvgIpc) is 2.24. The van der Waals surface area contributed by atoms with Crippen molar-refractivity contribution < 1.29 is 27.9 Å². The van der Waals surface area contributed by atoms with E-state index in [1.165, 1.54) is 6.07 Å². The lowest BCUT2D eigenvalue weighted by Crippen LogP contribution is -2.09. The summed E-state index contributed by atoms with van der Waals surface area (Å²) in [7, 11) is 0. The Kier molecular flexibility index (Phi) is 3.67. The third-order valence-corrected chi connectivity index (χ3v) is 1.93. The number of carbonyl (C=O) groups is 2. The number of carboxylic acids is 1. The average molecular weight is 244 g/mol. The highest BCUT2D eigenvalue weighted by atomic mass is 19.4. The van der Waals surface area contributed by atoms with Gasteiger partial charge in [0.2, 0.25) is 0 Å². The molecule has 0 amide bonds. The van der Waals surface area contributed by atoms with Crippen molar-refractivity contribution in [3.8, 4) is 0 Å². The fourth-order valence-electron chi connectivity index (χ4n) is 1.19. The van der Waals surface area contributed by atoms with Crippen molar-refractivity contribution in [2.24, 2.45) is 0 Å². The first-order chi connectivity index (χ1) is 7.84. The molecule has 3 nitrogen and oxygen atoms in total. The Morgan fingerprint density at radius 1 is 1.29 bits per heavy atom. The van der Waals surface area contributed by atoms with Crippen molar-refractivity contribution in [1.82, 2.24) is 0 Å². The summed E-state index contributed by atoms with van der Waals surface area (Å²) in [4.78, 5) is 20.7. The largest absolute Gasteiger partial charge is 0.478 e. The fraction of sp³-hybridized carbons (Fsp3) is 0.0909. The smallest absolute Gasteiger partial charge is 0.417 e. The summed E-state index contributed by atoms with van der Waals surface area (Å²) in [6.07, 6.45) is -2.81. The van der Waals surface area contributed by atoms with Gasteiger partial charge < -0.3 is 5.11 Å². The normalized spacial score (nSPS) is 11.7. The van der Waals surface area contributed by atoms with Crippen molar-refractivity contribution in [2.75, 3.05) is 0 Å². The number of carbonyl (C=O) groups excluding carboxylic acids is 1. The van der Waals surface area contributed by atoms with Gasteiger partial charge in [0.05, 0.1) is 5.56 Å². The summed E-state index contributed by atoms with van der Waals surface area (Å²) in [6, 6.07) is 2.96. The fourth-order valence-corrected chi connectivity index (χ4v) is 1.19. The molecule has 0 unspecified atom stereocenters. The maximum Gasteiger partial charge on any atom is 0.417 e. The number of halogens is 3. The van der Waals surface area contributed by atoms with Crippen LogP contribution in [-0.2, 0) is 11.0 Å². The predicted molar refractivity (Wildman–Crippen MR) is 53.5 cm³/mol. The van der Waals surface area contributed by atoms with E-state index in [1.807, 2.05) is 0 Å². The van der Waals surface area contributed by atoms with Crippen molar-refractivity contribution in [3.63, 3.8) is 0 Å². The monoisotopic (exact) mass is 244 g/mol. The Bertz CT molecular complexity index is 475. The zero-order valence-electron chi connectivity index (χ0n) is 8.36. The van der Waals surface area contributed by atoms with Gasteiger partial charge in [0.1, 0.15) is 0 Å². The molecule has 1 aromatic carbocycles. The maximum atomic E-state index is 12.5. The summed E-state index contributed by atoms with van der Waals surface area (Å²) < 4.78 is 37.5. The van der Waals surface area contributed by atoms with Crippen molar-refractivity contribution >= 4 is 18.3 Å². The van der Waals surface area contributed by atoms with Gasteiger partial charge in [-0.2, -0.15) is 13.2 Å². The van der Waals surface area contributed by atoms with Crippen LogP contribution in [0, 0.1) is 0 Å². The molecule has 0 aromatic heterocycles. The van der Waals surface area contributed by atoms with Crippen LogP contribution in [0.25, 0.3) is 6.08 Å². The Balaban J connectivity index is 3.23. The molecule has 0 aliphatic rings. The maximum absolute atomic E-state index is 12.5. The predicted octanol–water partition coefficient (Wildman–Crippen LogP) is 2.62. The van der Waals surface area contributed by atoms with E-state index in [0.717, 1.165) is 24.3 Å². The molecule has 1 N–H and O–H groups in total. The summed E-state index contributed by atoms with van der Waals surface area (Å²) in [5, 5.41) is 8.34. The number of hydrogen-bond acceptors (Lipinski definition) is 2. The van der Waals surface area contributed by atoms with Crippen LogP contribution in [0.4, 0.5) is 13.2 Å². The topological polar surface area (TPSA) is 54.4 Å². The van der Waals surface area contributed by atoms with E-state index >= 15 is 0 Å². The number of carboxylic acid groups (broad SMARTS) is 1. The molecule has 0 fully saturated rings. The van der Waals surface area contributed by atoms with E-state index in [9.17, 15) is 22.8 Å². The number of alkyl halides is 3. The quantitative estimate of drug-likeness (QED) is 0.656. The van der Waals surface area contributed by atoms with Gasteiger partial charge >= 0.3 is 12.1 Å². The molecule has 90 valence electrons. The number of aldehydes is 1. The molecule has 6 heteroatoms. The van der Waals surface area contributed by atoms with Crippen LogP contribution in [0.5, 0.6) is 0 Å². The first-order valence-corrected chi connectivity index (χ1v) is 4.42. The van der Waals surface area contributed by atoms with Gasteiger partial charge in [0.15, 0.2) is 6.29 Å². The number of benzene rings is 1. The highest BCUT2D eigenvalue weighted by Crippen LogP contribution is 2.32. The lowest BCUT2D eigenvalue weighted by Gasteiger charge is -2.09. The second-order valence-electron chi connectivity index (χ2n) is 3.13. The molecule has 17 heavy (non-hydrogen) atoms. The van der Waals surface area contributed by atoms with Crippen molar-refractivity contribution in [2.45, 2.75) is 6.18 Å². The van der Waals surface area contributed by atoms with E-state index in [0.29, 0.717) is 0 Å². The molecule has 0 heterocycles. The minimum Gasteiger partial charge on any atom is -0.478 e. The number of aliphatic carboxylic acids is 1. The van der Waals surface area contributed by atoms with Crippen LogP contribution in [-0.4, -0.2) is 17.4 Å². The highest BCUT2D eigenvalue weighted by molar-refractivity contribution is 5.86. The zero-order valence-corrected chi connectivity index (χ0v) is 8.36. The van der Waals surface area contributed by atoms with Gasteiger partial charge in [-0.15, -0.1) is 0 Å². The molecule has 0 radical (unpaired) electrons. The Morgan fingerprint density at radius 2 is 1.94 bits per heavy atom. The minimum absolute atomic E-state index is 0.0605. The van der Waals surface area contributed by atoms with Crippen LogP contribution < -0.4 is 0 Å². The molecule has 0 aliphatic heterocycles. The Labute approximate surface area is 94.2 Å². The van der Waals surface area contributed by atoms with Crippen LogP contribution in [0.1, 0.15) is 21.5 Å². The third-order valence-electron chi connectivity index (χ3n) is 1.93. The molecule has 0 atom stereocenters. The summed E-state index contributed by atoms with van der Waals surface area (Å²) >= 11 is 0. The Hall–Kier alpha value is -2.11. The molecule has 0 saturated heterocycles. The first kappa shape index (κ1) is 13.0. The Morgan fingerprint density at radius 3 is 2.41 bits per heavy atom. The lowest BCUT2D eigenvalue weighted by molar-refractivity contribution is -0.137. The first-order valence-electron chi connectivity index (χ1n) is 4.42. The molecule has 0 bridgehead atoms. The molecular formula is C11H7F3O3. The van der Waals surface area contributed by atoms with Gasteiger partial charge in [-0.05, 0) is 17.7 Å². The second kappa shape index (κ2) is 4.82. The summed E-state index contributed by atoms with van der Waals surface area (Å²) in [5.74, 6) is -1.27. The van der Waals surface area contributed by atoms with Gasteiger partial charge in [-0.1, -0.05) is 12.1 Å². The SMILES string of the molecule is O=Cc1ccc(C=CC(=O)O)cc1C(F)(F)F. The van der Waals surface area contributed by atoms with E-state index < -0.39 is 23.3 Å². The third kappa shape index (κ3) is 3.44.